The summed E-state index contributed by atoms with van der Waals surface area (Å²) in [6, 6.07) is 13.5. The first-order valence-electron chi connectivity index (χ1n) is 8.91. The first-order chi connectivity index (χ1) is 13.7. The third kappa shape index (κ3) is 5.80. The van der Waals surface area contributed by atoms with Crippen molar-refractivity contribution in [1.82, 2.24) is 10.3 Å². The van der Waals surface area contributed by atoms with Crippen molar-refractivity contribution in [1.29, 1.82) is 0 Å². The van der Waals surface area contributed by atoms with Crippen LogP contribution in [0.5, 0.6) is 0 Å². The van der Waals surface area contributed by atoms with Crippen LogP contribution in [0.4, 0.5) is 18.9 Å². The summed E-state index contributed by atoms with van der Waals surface area (Å²) in [5.74, 6) is -1.94. The molecule has 2 N–H and O–H groups in total. The Morgan fingerprint density at radius 2 is 1.76 bits per heavy atom. The summed E-state index contributed by atoms with van der Waals surface area (Å²) in [7, 11) is 0. The SMILES string of the molecule is Cc1ccc(-c2nc(CNc3cc(C)cc(CNC(=O)C(F)(F)F)c3)cs2)cc1. The minimum absolute atomic E-state index is 0.191. The quantitative estimate of drug-likeness (QED) is 0.576. The average molecular weight is 419 g/mol. The zero-order valence-electron chi connectivity index (χ0n) is 15.9. The van der Waals surface area contributed by atoms with Crippen molar-refractivity contribution in [2.24, 2.45) is 0 Å². The smallest absolute Gasteiger partial charge is 0.379 e. The van der Waals surface area contributed by atoms with E-state index >= 15 is 0 Å². The van der Waals surface area contributed by atoms with Gasteiger partial charge in [-0.1, -0.05) is 35.9 Å². The Bertz CT molecular complexity index is 997. The van der Waals surface area contributed by atoms with Crippen LogP contribution in [0.15, 0.2) is 47.8 Å². The summed E-state index contributed by atoms with van der Waals surface area (Å²) in [6.45, 7) is 4.17. The number of aryl methyl sites for hydroxylation is 2. The molecule has 3 aromatic rings. The maximum Gasteiger partial charge on any atom is 0.471 e. The number of anilines is 1. The van der Waals surface area contributed by atoms with Gasteiger partial charge in [-0.25, -0.2) is 4.98 Å². The van der Waals surface area contributed by atoms with Crippen molar-refractivity contribution in [2.45, 2.75) is 33.1 Å². The lowest BCUT2D eigenvalue weighted by molar-refractivity contribution is -0.173. The number of thiazole rings is 1. The van der Waals surface area contributed by atoms with Gasteiger partial charge < -0.3 is 10.6 Å². The second kappa shape index (κ2) is 8.65. The minimum Gasteiger partial charge on any atom is -0.379 e. The van der Waals surface area contributed by atoms with Crippen molar-refractivity contribution < 1.29 is 18.0 Å². The normalized spacial score (nSPS) is 11.3. The summed E-state index contributed by atoms with van der Waals surface area (Å²) < 4.78 is 37.0. The van der Waals surface area contributed by atoms with Crippen molar-refractivity contribution in [3.63, 3.8) is 0 Å². The number of benzene rings is 2. The Balaban J connectivity index is 1.63. The van der Waals surface area contributed by atoms with Gasteiger partial charge in [0.2, 0.25) is 0 Å². The molecule has 0 aliphatic carbocycles. The third-order valence-corrected chi connectivity index (χ3v) is 5.11. The minimum atomic E-state index is -4.88. The second-order valence-electron chi connectivity index (χ2n) is 6.75. The van der Waals surface area contributed by atoms with Crippen LogP contribution in [0.25, 0.3) is 10.6 Å². The lowest BCUT2D eigenvalue weighted by atomic mass is 10.1. The molecule has 1 amide bonds. The predicted molar refractivity (Wildman–Crippen MR) is 109 cm³/mol. The third-order valence-electron chi connectivity index (χ3n) is 4.17. The van der Waals surface area contributed by atoms with Gasteiger partial charge in [0, 0.05) is 23.2 Å². The van der Waals surface area contributed by atoms with Crippen LogP contribution >= 0.6 is 11.3 Å². The standard InChI is InChI=1S/C21H20F3N3OS/c1-13-3-5-16(6-4-13)19-27-18(12-29-19)11-25-17-8-14(2)7-15(9-17)10-26-20(28)21(22,23)24/h3-9,12,25H,10-11H2,1-2H3,(H,26,28). The lowest BCUT2D eigenvalue weighted by Gasteiger charge is -2.11. The van der Waals surface area contributed by atoms with E-state index in [1.807, 2.05) is 54.9 Å². The molecule has 3 rings (SSSR count). The van der Waals surface area contributed by atoms with Crippen LogP contribution in [0, 0.1) is 13.8 Å². The van der Waals surface area contributed by atoms with Gasteiger partial charge in [-0.05, 0) is 37.1 Å². The number of nitrogens with one attached hydrogen (secondary N) is 2. The molecule has 0 saturated heterocycles. The van der Waals surface area contributed by atoms with E-state index in [4.69, 9.17) is 0 Å². The molecule has 0 atom stereocenters. The lowest BCUT2D eigenvalue weighted by Crippen LogP contribution is -2.36. The molecule has 29 heavy (non-hydrogen) atoms. The van der Waals surface area contributed by atoms with Crippen LogP contribution in [0.1, 0.15) is 22.4 Å². The largest absolute Gasteiger partial charge is 0.471 e. The number of hydrogen-bond donors (Lipinski definition) is 2. The Labute approximate surface area is 170 Å². The molecule has 0 saturated carbocycles. The van der Waals surface area contributed by atoms with E-state index in [-0.39, 0.29) is 6.54 Å². The Morgan fingerprint density at radius 3 is 2.45 bits per heavy atom. The number of amides is 1. The van der Waals surface area contributed by atoms with Gasteiger partial charge in [-0.15, -0.1) is 11.3 Å². The summed E-state index contributed by atoms with van der Waals surface area (Å²) >= 11 is 1.56. The van der Waals surface area contributed by atoms with E-state index in [1.165, 1.54) is 5.56 Å². The highest BCUT2D eigenvalue weighted by Crippen LogP contribution is 2.25. The van der Waals surface area contributed by atoms with E-state index < -0.39 is 12.1 Å². The predicted octanol–water partition coefficient (Wildman–Crippen LogP) is 5.22. The first-order valence-corrected chi connectivity index (χ1v) is 9.79. The van der Waals surface area contributed by atoms with Crippen molar-refractivity contribution in [3.05, 3.63) is 70.2 Å². The van der Waals surface area contributed by atoms with E-state index in [9.17, 15) is 18.0 Å². The molecule has 1 heterocycles. The van der Waals surface area contributed by atoms with Crippen LogP contribution in [-0.2, 0) is 17.9 Å². The molecule has 152 valence electrons. The molecule has 0 unspecified atom stereocenters. The van der Waals surface area contributed by atoms with Crippen molar-refractivity contribution in [2.75, 3.05) is 5.32 Å². The number of halogens is 3. The molecule has 0 aliphatic heterocycles. The molecule has 0 radical (unpaired) electrons. The molecule has 0 bridgehead atoms. The van der Waals surface area contributed by atoms with Gasteiger partial charge >= 0.3 is 12.1 Å². The summed E-state index contributed by atoms with van der Waals surface area (Å²) in [6.07, 6.45) is -4.88. The van der Waals surface area contributed by atoms with Gasteiger partial charge in [0.1, 0.15) is 5.01 Å². The fraction of sp³-hybridized carbons (Fsp3) is 0.238. The monoisotopic (exact) mass is 419 g/mol. The van der Waals surface area contributed by atoms with E-state index in [1.54, 1.807) is 23.5 Å². The number of hydrogen-bond acceptors (Lipinski definition) is 4. The van der Waals surface area contributed by atoms with Gasteiger partial charge in [0.25, 0.3) is 0 Å². The van der Waals surface area contributed by atoms with E-state index in [0.29, 0.717) is 12.1 Å². The highest BCUT2D eigenvalue weighted by molar-refractivity contribution is 7.13. The Hall–Kier alpha value is -2.87. The van der Waals surface area contributed by atoms with Crippen LogP contribution in [0.2, 0.25) is 0 Å². The molecule has 4 nitrogen and oxygen atoms in total. The summed E-state index contributed by atoms with van der Waals surface area (Å²) in [4.78, 5) is 15.6. The molecule has 2 aromatic carbocycles. The zero-order chi connectivity index (χ0) is 21.0. The number of rotatable bonds is 6. The van der Waals surface area contributed by atoms with Gasteiger partial charge in [-0.2, -0.15) is 13.2 Å². The van der Waals surface area contributed by atoms with Crippen LogP contribution in [0.3, 0.4) is 0 Å². The van der Waals surface area contributed by atoms with Gasteiger partial charge in [0.05, 0.1) is 12.2 Å². The first kappa shape index (κ1) is 20.9. The van der Waals surface area contributed by atoms with Crippen LogP contribution in [-0.4, -0.2) is 17.1 Å². The van der Waals surface area contributed by atoms with Gasteiger partial charge in [-0.3, -0.25) is 4.79 Å². The van der Waals surface area contributed by atoms with Gasteiger partial charge in [0.15, 0.2) is 0 Å². The average Bonchev–Trinajstić information content (AvgIpc) is 3.13. The van der Waals surface area contributed by atoms with Crippen molar-refractivity contribution >= 4 is 22.9 Å². The highest BCUT2D eigenvalue weighted by atomic mass is 32.1. The molecular weight excluding hydrogens is 399 g/mol. The number of nitrogens with zero attached hydrogens (tertiary/aromatic N) is 1. The van der Waals surface area contributed by atoms with Crippen LogP contribution < -0.4 is 10.6 Å². The maximum absolute atomic E-state index is 12.3. The number of aromatic nitrogens is 1. The summed E-state index contributed by atoms with van der Waals surface area (Å²) in [5.41, 5.74) is 5.35. The highest BCUT2D eigenvalue weighted by Gasteiger charge is 2.38. The zero-order valence-corrected chi connectivity index (χ0v) is 16.7. The van der Waals surface area contributed by atoms with E-state index in [0.717, 1.165) is 27.5 Å². The molecule has 8 heteroatoms. The molecule has 0 fully saturated rings. The maximum atomic E-state index is 12.3. The Morgan fingerprint density at radius 1 is 1.03 bits per heavy atom. The topological polar surface area (TPSA) is 54.0 Å². The number of carbonyl (C=O) groups is 1. The summed E-state index contributed by atoms with van der Waals surface area (Å²) in [5, 5.41) is 8.04. The molecule has 1 aromatic heterocycles. The fourth-order valence-corrected chi connectivity index (χ4v) is 3.58. The Kier molecular flexibility index (Phi) is 6.22. The molecule has 0 aliphatic rings. The second-order valence-corrected chi connectivity index (χ2v) is 7.61. The fourth-order valence-electron chi connectivity index (χ4n) is 2.76. The molecular formula is C21H20F3N3OS. The number of carbonyl (C=O) groups excluding carboxylic acids is 1. The number of alkyl halides is 3. The molecule has 0 spiro atoms. The van der Waals surface area contributed by atoms with Crippen molar-refractivity contribution in [3.8, 4) is 10.6 Å². The van der Waals surface area contributed by atoms with E-state index in [2.05, 4.69) is 10.3 Å².